The molecule has 0 aromatic carbocycles. The van der Waals surface area contributed by atoms with Gasteiger partial charge in [-0.1, -0.05) is 0 Å². The van der Waals surface area contributed by atoms with Crippen LogP contribution < -0.4 is 16.0 Å². The predicted octanol–water partition coefficient (Wildman–Crippen LogP) is -2.26. The van der Waals surface area contributed by atoms with E-state index in [2.05, 4.69) is 10.6 Å². The Morgan fingerprint density at radius 3 is 2.00 bits per heavy atom. The van der Waals surface area contributed by atoms with Crippen molar-refractivity contribution in [3.05, 3.63) is 0 Å². The van der Waals surface area contributed by atoms with E-state index >= 15 is 0 Å². The Hall–Kier alpha value is -2.69. The quantitative estimate of drug-likeness (QED) is 0.268. The fraction of sp³-hybridized carbons (Fsp3) is 0.615. The summed E-state index contributed by atoms with van der Waals surface area (Å²) in [5, 5.41) is 33.4. The maximum Gasteiger partial charge on any atom is 0.326 e. The highest BCUT2D eigenvalue weighted by Crippen LogP contribution is 2.06. The Bertz CT molecular complexity index is 529. The Morgan fingerprint density at radius 2 is 1.54 bits per heavy atom. The molecule has 24 heavy (non-hydrogen) atoms. The van der Waals surface area contributed by atoms with E-state index in [1.165, 1.54) is 0 Å². The van der Waals surface area contributed by atoms with Crippen molar-refractivity contribution >= 4 is 29.7 Å². The molecule has 1 aliphatic heterocycles. The van der Waals surface area contributed by atoms with Crippen molar-refractivity contribution in [2.45, 2.75) is 43.8 Å². The molecule has 0 aliphatic carbocycles. The zero-order chi connectivity index (χ0) is 18.3. The molecule has 0 bridgehead atoms. The van der Waals surface area contributed by atoms with Crippen LogP contribution in [0, 0.1) is 0 Å². The lowest BCUT2D eigenvalue weighted by molar-refractivity contribution is -0.148. The molecule has 1 heterocycles. The molecule has 1 fully saturated rings. The lowest BCUT2D eigenvalue weighted by atomic mass is 10.1. The summed E-state index contributed by atoms with van der Waals surface area (Å²) in [5.41, 5.74) is 0. The van der Waals surface area contributed by atoms with Crippen molar-refractivity contribution in [2.24, 2.45) is 0 Å². The van der Waals surface area contributed by atoms with Gasteiger partial charge in [-0.2, -0.15) is 0 Å². The molecule has 0 aromatic rings. The second-order valence-electron chi connectivity index (χ2n) is 5.31. The lowest BCUT2D eigenvalue weighted by Crippen LogP contribution is -2.55. The summed E-state index contributed by atoms with van der Waals surface area (Å²) in [6.45, 7) is 0.619. The van der Waals surface area contributed by atoms with Gasteiger partial charge in [0.2, 0.25) is 11.8 Å². The highest BCUT2D eigenvalue weighted by Gasteiger charge is 2.31. The first-order valence-electron chi connectivity index (χ1n) is 7.21. The van der Waals surface area contributed by atoms with Crippen molar-refractivity contribution in [3.8, 4) is 0 Å². The number of nitrogens with one attached hydrogen (secondary N) is 3. The molecule has 3 unspecified atom stereocenters. The summed E-state index contributed by atoms with van der Waals surface area (Å²) in [7, 11) is 0. The molecular weight excluding hydrogens is 326 g/mol. The van der Waals surface area contributed by atoms with Gasteiger partial charge in [-0.3, -0.25) is 19.2 Å². The molecule has 1 aliphatic rings. The summed E-state index contributed by atoms with van der Waals surface area (Å²) in [4.78, 5) is 56.5. The molecule has 0 saturated carbocycles. The zero-order valence-corrected chi connectivity index (χ0v) is 12.7. The van der Waals surface area contributed by atoms with Crippen LogP contribution in [0.15, 0.2) is 0 Å². The first kappa shape index (κ1) is 19.4. The third kappa shape index (κ3) is 6.20. The number of amides is 2. The minimum Gasteiger partial charge on any atom is -0.481 e. The molecule has 2 amide bonds. The number of carbonyl (C=O) groups is 5. The summed E-state index contributed by atoms with van der Waals surface area (Å²) >= 11 is 0. The number of carbonyl (C=O) groups excluding carboxylic acids is 2. The van der Waals surface area contributed by atoms with Crippen molar-refractivity contribution < 1.29 is 39.3 Å². The summed E-state index contributed by atoms with van der Waals surface area (Å²) in [6, 6.07) is -3.79. The van der Waals surface area contributed by atoms with Crippen LogP contribution in [-0.4, -0.2) is 69.7 Å². The van der Waals surface area contributed by atoms with Gasteiger partial charge in [-0.15, -0.1) is 0 Å². The molecule has 0 aromatic heterocycles. The maximum atomic E-state index is 12.1. The SMILES string of the molecule is O=C(O)CC(NC(=O)C(CC(=O)O)NC(=O)C1CCCN1)C(=O)O. The summed E-state index contributed by atoms with van der Waals surface area (Å²) in [6.07, 6.45) is -0.347. The van der Waals surface area contributed by atoms with Gasteiger partial charge in [0.05, 0.1) is 18.9 Å². The van der Waals surface area contributed by atoms with Crippen LogP contribution in [0.1, 0.15) is 25.7 Å². The van der Waals surface area contributed by atoms with Crippen LogP contribution in [-0.2, 0) is 24.0 Å². The lowest BCUT2D eigenvalue weighted by Gasteiger charge is -2.21. The average molecular weight is 345 g/mol. The number of hydrogen-bond acceptors (Lipinski definition) is 6. The third-order valence-corrected chi connectivity index (χ3v) is 3.38. The van der Waals surface area contributed by atoms with E-state index < -0.39 is 60.7 Å². The topological polar surface area (TPSA) is 182 Å². The van der Waals surface area contributed by atoms with E-state index in [1.807, 2.05) is 5.32 Å². The smallest absolute Gasteiger partial charge is 0.326 e. The van der Waals surface area contributed by atoms with Crippen molar-refractivity contribution in [2.75, 3.05) is 6.54 Å². The molecule has 1 rings (SSSR count). The molecule has 0 radical (unpaired) electrons. The normalized spacial score (nSPS) is 19.1. The molecule has 11 nitrogen and oxygen atoms in total. The molecule has 11 heteroatoms. The Balaban J connectivity index is 2.75. The van der Waals surface area contributed by atoms with Crippen LogP contribution in [0.2, 0.25) is 0 Å². The van der Waals surface area contributed by atoms with Crippen molar-refractivity contribution in [1.29, 1.82) is 0 Å². The second kappa shape index (κ2) is 8.82. The Kier molecular flexibility index (Phi) is 7.11. The fourth-order valence-electron chi connectivity index (χ4n) is 2.21. The van der Waals surface area contributed by atoms with Crippen LogP contribution in [0.4, 0.5) is 0 Å². The monoisotopic (exact) mass is 345 g/mol. The zero-order valence-electron chi connectivity index (χ0n) is 12.7. The molecule has 6 N–H and O–H groups in total. The standard InChI is InChI=1S/C13H19N3O8/c17-9(18)4-7(15-11(21)6-2-1-3-14-6)12(22)16-8(13(23)24)5-10(19)20/h6-8,14H,1-5H2,(H,15,21)(H,16,22)(H,17,18)(H,19,20)(H,23,24). The van der Waals surface area contributed by atoms with Crippen LogP contribution >= 0.6 is 0 Å². The van der Waals surface area contributed by atoms with E-state index in [0.717, 1.165) is 6.42 Å². The second-order valence-corrected chi connectivity index (χ2v) is 5.31. The molecule has 1 saturated heterocycles. The Labute approximate surface area is 136 Å². The van der Waals surface area contributed by atoms with Crippen molar-refractivity contribution in [1.82, 2.24) is 16.0 Å². The predicted molar refractivity (Wildman–Crippen MR) is 77.0 cm³/mol. The van der Waals surface area contributed by atoms with E-state index in [0.29, 0.717) is 13.0 Å². The molecule has 0 spiro atoms. The Morgan fingerprint density at radius 1 is 0.958 bits per heavy atom. The van der Waals surface area contributed by atoms with Gasteiger partial charge in [-0.25, -0.2) is 4.79 Å². The number of rotatable bonds is 9. The number of hydrogen-bond donors (Lipinski definition) is 6. The minimum absolute atomic E-state index is 0.532. The summed E-state index contributed by atoms with van der Waals surface area (Å²) < 4.78 is 0. The maximum absolute atomic E-state index is 12.1. The van der Waals surface area contributed by atoms with Gasteiger partial charge < -0.3 is 31.3 Å². The van der Waals surface area contributed by atoms with Gasteiger partial charge in [0.1, 0.15) is 12.1 Å². The van der Waals surface area contributed by atoms with Gasteiger partial charge in [0.15, 0.2) is 0 Å². The van der Waals surface area contributed by atoms with Gasteiger partial charge >= 0.3 is 17.9 Å². The number of carboxylic acids is 3. The molecule has 3 atom stereocenters. The first-order chi connectivity index (χ1) is 11.2. The van der Waals surface area contributed by atoms with Crippen LogP contribution in [0.25, 0.3) is 0 Å². The van der Waals surface area contributed by atoms with Gasteiger partial charge in [0.25, 0.3) is 0 Å². The number of aliphatic carboxylic acids is 3. The van der Waals surface area contributed by atoms with Gasteiger partial charge in [-0.05, 0) is 19.4 Å². The van der Waals surface area contributed by atoms with Crippen molar-refractivity contribution in [3.63, 3.8) is 0 Å². The van der Waals surface area contributed by atoms with E-state index in [1.54, 1.807) is 0 Å². The highest BCUT2D eigenvalue weighted by molar-refractivity contribution is 5.94. The van der Waals surface area contributed by atoms with E-state index in [-0.39, 0.29) is 0 Å². The third-order valence-electron chi connectivity index (χ3n) is 3.38. The fourth-order valence-corrected chi connectivity index (χ4v) is 2.21. The molecule has 134 valence electrons. The minimum atomic E-state index is -1.73. The largest absolute Gasteiger partial charge is 0.481 e. The van der Waals surface area contributed by atoms with E-state index in [4.69, 9.17) is 15.3 Å². The summed E-state index contributed by atoms with van der Waals surface area (Å²) in [5.74, 6) is -6.04. The number of carboxylic acid groups (broad SMARTS) is 3. The average Bonchev–Trinajstić information content (AvgIpc) is 2.98. The first-order valence-corrected chi connectivity index (χ1v) is 7.21. The van der Waals surface area contributed by atoms with Crippen LogP contribution in [0.5, 0.6) is 0 Å². The van der Waals surface area contributed by atoms with E-state index in [9.17, 15) is 24.0 Å². The molecular formula is C13H19N3O8. The highest BCUT2D eigenvalue weighted by atomic mass is 16.4. The van der Waals surface area contributed by atoms with Crippen LogP contribution in [0.3, 0.4) is 0 Å². The van der Waals surface area contributed by atoms with Gasteiger partial charge in [0, 0.05) is 0 Å².